The van der Waals surface area contributed by atoms with Gasteiger partial charge in [-0.3, -0.25) is 0 Å². The Morgan fingerprint density at radius 1 is 1.18 bits per heavy atom. The average molecular weight is 488 g/mol. The Balaban J connectivity index is 0.00000385. The van der Waals surface area contributed by atoms with Crippen LogP contribution in [0.5, 0.6) is 5.75 Å². The first-order valence-corrected chi connectivity index (χ1v) is 10.4. The Bertz CT molecular complexity index is 936. The predicted octanol–water partition coefficient (Wildman–Crippen LogP) is 4.91. The number of halogens is 4. The van der Waals surface area contributed by atoms with Crippen molar-refractivity contribution in [3.05, 3.63) is 65.2 Å². The van der Waals surface area contributed by atoms with Crippen LogP contribution in [0, 0.1) is 5.92 Å². The van der Waals surface area contributed by atoms with E-state index < -0.39 is 29.4 Å². The second kappa shape index (κ2) is 10.8. The van der Waals surface area contributed by atoms with Gasteiger partial charge in [0.2, 0.25) is 0 Å². The van der Waals surface area contributed by atoms with Crippen molar-refractivity contribution in [2.75, 3.05) is 27.7 Å². The van der Waals surface area contributed by atoms with Gasteiger partial charge in [0.1, 0.15) is 11.9 Å². The number of aliphatic hydroxyl groups is 1. The SMILES string of the molecule is COc1cccc(C2(O)CCC(OC(=O)c3ccc(C(F)(F)F)cc3)CC2CN(C)C)c1.Cl. The van der Waals surface area contributed by atoms with E-state index in [4.69, 9.17) is 9.47 Å². The molecule has 1 aliphatic carbocycles. The lowest BCUT2D eigenvalue weighted by Gasteiger charge is -2.44. The lowest BCUT2D eigenvalue weighted by molar-refractivity contribution is -0.137. The molecule has 0 saturated heterocycles. The van der Waals surface area contributed by atoms with Crippen LogP contribution in [-0.2, 0) is 16.5 Å². The normalized spacial score (nSPS) is 23.0. The van der Waals surface area contributed by atoms with Gasteiger partial charge < -0.3 is 19.5 Å². The number of ether oxygens (including phenoxy) is 2. The zero-order valence-electron chi connectivity index (χ0n) is 18.8. The minimum atomic E-state index is -4.46. The molecule has 9 heteroatoms. The number of carbonyl (C=O) groups is 1. The summed E-state index contributed by atoms with van der Waals surface area (Å²) in [5.41, 5.74) is -1.12. The molecule has 1 N–H and O–H groups in total. The standard InChI is InChI=1S/C24H28F3NO4.ClH/c1-28(2)15-19-14-21(11-12-23(19,30)18-5-4-6-20(13-18)31-3)32-22(29)16-7-9-17(10-8-16)24(25,26)27;/h4-10,13,19,21,30H,11-12,14-15H2,1-3H3;1H. The van der Waals surface area contributed by atoms with Crippen molar-refractivity contribution in [2.24, 2.45) is 5.92 Å². The monoisotopic (exact) mass is 487 g/mol. The van der Waals surface area contributed by atoms with Gasteiger partial charge in [-0.05, 0) is 75.3 Å². The molecule has 33 heavy (non-hydrogen) atoms. The van der Waals surface area contributed by atoms with E-state index in [0.29, 0.717) is 31.6 Å². The van der Waals surface area contributed by atoms with Crippen molar-refractivity contribution < 1.29 is 32.5 Å². The molecule has 1 fully saturated rings. The van der Waals surface area contributed by atoms with Crippen LogP contribution in [0.3, 0.4) is 0 Å². The molecule has 1 aliphatic rings. The molecule has 3 atom stereocenters. The number of methoxy groups -OCH3 is 1. The minimum absolute atomic E-state index is 0. The molecule has 0 aromatic heterocycles. The van der Waals surface area contributed by atoms with Crippen molar-refractivity contribution in [1.29, 1.82) is 0 Å². The van der Waals surface area contributed by atoms with Crippen molar-refractivity contribution in [3.63, 3.8) is 0 Å². The number of benzene rings is 2. The zero-order chi connectivity index (χ0) is 23.5. The summed E-state index contributed by atoms with van der Waals surface area (Å²) in [4.78, 5) is 14.5. The topological polar surface area (TPSA) is 59.0 Å². The van der Waals surface area contributed by atoms with Crippen LogP contribution in [0.15, 0.2) is 48.5 Å². The first-order valence-electron chi connectivity index (χ1n) is 10.4. The van der Waals surface area contributed by atoms with Crippen LogP contribution in [-0.4, -0.2) is 49.8 Å². The fourth-order valence-electron chi connectivity index (χ4n) is 4.28. The molecule has 2 aromatic rings. The summed E-state index contributed by atoms with van der Waals surface area (Å²) >= 11 is 0. The second-order valence-corrected chi connectivity index (χ2v) is 8.49. The van der Waals surface area contributed by atoms with Crippen LogP contribution in [0.4, 0.5) is 13.2 Å². The maximum atomic E-state index is 12.7. The smallest absolute Gasteiger partial charge is 0.416 e. The fraction of sp³-hybridized carbons (Fsp3) is 0.458. The number of rotatable bonds is 6. The number of esters is 1. The molecule has 5 nitrogen and oxygen atoms in total. The Hall–Kier alpha value is -2.29. The number of carbonyl (C=O) groups excluding carboxylic acids is 1. The van der Waals surface area contributed by atoms with Crippen LogP contribution in [0.25, 0.3) is 0 Å². The van der Waals surface area contributed by atoms with Crippen LogP contribution in [0.1, 0.15) is 40.7 Å². The Labute approximate surface area is 197 Å². The lowest BCUT2D eigenvalue weighted by atomic mass is 9.70. The first kappa shape index (κ1) is 27.0. The third-order valence-electron chi connectivity index (χ3n) is 5.95. The van der Waals surface area contributed by atoms with Gasteiger partial charge in [-0.25, -0.2) is 4.79 Å². The van der Waals surface area contributed by atoms with E-state index in [1.54, 1.807) is 7.11 Å². The summed E-state index contributed by atoms with van der Waals surface area (Å²) in [5.74, 6) is -0.238. The van der Waals surface area contributed by atoms with Crippen molar-refractivity contribution in [1.82, 2.24) is 4.90 Å². The maximum absolute atomic E-state index is 12.7. The molecule has 0 heterocycles. The van der Waals surface area contributed by atoms with E-state index in [0.717, 1.165) is 29.8 Å². The Morgan fingerprint density at radius 2 is 1.85 bits per heavy atom. The summed E-state index contributed by atoms with van der Waals surface area (Å²) in [7, 11) is 5.38. The lowest BCUT2D eigenvalue weighted by Crippen LogP contribution is -2.47. The van der Waals surface area contributed by atoms with Gasteiger partial charge in [-0.15, -0.1) is 12.4 Å². The fourth-order valence-corrected chi connectivity index (χ4v) is 4.28. The highest BCUT2D eigenvalue weighted by Crippen LogP contribution is 2.44. The number of hydrogen-bond acceptors (Lipinski definition) is 5. The van der Waals surface area contributed by atoms with Crippen molar-refractivity contribution in [2.45, 2.75) is 37.1 Å². The molecule has 0 spiro atoms. The van der Waals surface area contributed by atoms with Gasteiger partial charge in [0.05, 0.1) is 23.8 Å². The number of alkyl halides is 3. The molecule has 3 unspecified atom stereocenters. The number of hydrogen-bond donors (Lipinski definition) is 1. The van der Waals surface area contributed by atoms with Gasteiger partial charge in [-0.2, -0.15) is 13.2 Å². The molecular weight excluding hydrogens is 459 g/mol. The maximum Gasteiger partial charge on any atom is 0.416 e. The second-order valence-electron chi connectivity index (χ2n) is 8.49. The quantitative estimate of drug-likeness (QED) is 0.587. The first-order chi connectivity index (χ1) is 15.0. The Morgan fingerprint density at radius 3 is 2.42 bits per heavy atom. The Kier molecular flexibility index (Phi) is 8.79. The third kappa shape index (κ3) is 6.40. The van der Waals surface area contributed by atoms with Crippen molar-refractivity contribution >= 4 is 18.4 Å². The zero-order valence-corrected chi connectivity index (χ0v) is 19.6. The molecule has 0 aliphatic heterocycles. The third-order valence-corrected chi connectivity index (χ3v) is 5.95. The largest absolute Gasteiger partial charge is 0.497 e. The van der Waals surface area contributed by atoms with Crippen molar-refractivity contribution in [3.8, 4) is 5.75 Å². The van der Waals surface area contributed by atoms with Crippen LogP contribution in [0.2, 0.25) is 0 Å². The average Bonchev–Trinajstić information content (AvgIpc) is 2.75. The minimum Gasteiger partial charge on any atom is -0.497 e. The van der Waals surface area contributed by atoms with Gasteiger partial charge in [0, 0.05) is 12.5 Å². The number of nitrogens with zero attached hydrogens (tertiary/aromatic N) is 1. The summed E-state index contributed by atoms with van der Waals surface area (Å²) in [6, 6.07) is 11.3. The van der Waals surface area contributed by atoms with E-state index in [9.17, 15) is 23.1 Å². The van der Waals surface area contributed by atoms with Crippen LogP contribution >= 0.6 is 12.4 Å². The molecular formula is C24H29ClF3NO4. The molecule has 0 radical (unpaired) electrons. The molecule has 1 saturated carbocycles. The van der Waals surface area contributed by atoms with Gasteiger partial charge >= 0.3 is 12.1 Å². The van der Waals surface area contributed by atoms with E-state index in [-0.39, 0.29) is 23.9 Å². The van der Waals surface area contributed by atoms with Crippen LogP contribution < -0.4 is 4.74 Å². The highest BCUT2D eigenvalue weighted by atomic mass is 35.5. The van der Waals surface area contributed by atoms with E-state index in [1.807, 2.05) is 43.3 Å². The molecule has 2 aromatic carbocycles. The van der Waals surface area contributed by atoms with Gasteiger partial charge in [-0.1, -0.05) is 12.1 Å². The van der Waals surface area contributed by atoms with Gasteiger partial charge in [0.25, 0.3) is 0 Å². The molecule has 3 rings (SSSR count). The van der Waals surface area contributed by atoms with Gasteiger partial charge in [0.15, 0.2) is 0 Å². The summed E-state index contributed by atoms with van der Waals surface area (Å²) in [6.45, 7) is 0.571. The van der Waals surface area contributed by atoms with E-state index in [2.05, 4.69) is 0 Å². The molecule has 0 bridgehead atoms. The van der Waals surface area contributed by atoms with E-state index in [1.165, 1.54) is 0 Å². The summed E-state index contributed by atoms with van der Waals surface area (Å²) in [6.07, 6.45) is -3.66. The summed E-state index contributed by atoms with van der Waals surface area (Å²) < 4.78 is 49.2. The van der Waals surface area contributed by atoms with E-state index >= 15 is 0 Å². The summed E-state index contributed by atoms with van der Waals surface area (Å²) in [5, 5.41) is 11.6. The highest BCUT2D eigenvalue weighted by molar-refractivity contribution is 5.89. The molecule has 0 amide bonds. The highest BCUT2D eigenvalue weighted by Gasteiger charge is 2.44. The predicted molar refractivity (Wildman–Crippen MR) is 121 cm³/mol. The molecule has 182 valence electrons.